The molecule has 4 nitrogen and oxygen atoms in total. The highest BCUT2D eigenvalue weighted by Gasteiger charge is 2.21. The lowest BCUT2D eigenvalue weighted by Crippen LogP contribution is -2.23. The van der Waals surface area contributed by atoms with Crippen LogP contribution in [0.25, 0.3) is 0 Å². The number of rotatable bonds is 5. The predicted molar refractivity (Wildman–Crippen MR) is 83.5 cm³/mol. The van der Waals surface area contributed by atoms with E-state index in [0.29, 0.717) is 11.5 Å². The van der Waals surface area contributed by atoms with Gasteiger partial charge in [0.15, 0.2) is 11.5 Å². The van der Waals surface area contributed by atoms with Crippen LogP contribution in [0.1, 0.15) is 66.9 Å². The van der Waals surface area contributed by atoms with Gasteiger partial charge in [0.25, 0.3) is 0 Å². The van der Waals surface area contributed by atoms with Gasteiger partial charge in [-0.3, -0.25) is 0 Å². The maximum atomic E-state index is 5.50. The summed E-state index contributed by atoms with van der Waals surface area (Å²) in [5.74, 6) is 1.51. The van der Waals surface area contributed by atoms with Crippen LogP contribution in [-0.4, -0.2) is 11.2 Å². The Morgan fingerprint density at radius 3 is 1.43 bits per heavy atom. The van der Waals surface area contributed by atoms with Crippen molar-refractivity contribution in [3.63, 3.8) is 0 Å². The van der Waals surface area contributed by atoms with Gasteiger partial charge >= 0.3 is 0 Å². The number of benzene rings is 1. The van der Waals surface area contributed by atoms with Crippen molar-refractivity contribution in [3.8, 4) is 11.5 Å². The molecule has 0 aliphatic carbocycles. The molecule has 0 aromatic heterocycles. The van der Waals surface area contributed by atoms with Crippen LogP contribution < -0.4 is 9.78 Å². The van der Waals surface area contributed by atoms with E-state index in [0.717, 1.165) is 5.56 Å². The van der Waals surface area contributed by atoms with Crippen LogP contribution in [0.2, 0.25) is 0 Å². The van der Waals surface area contributed by atoms with E-state index in [1.807, 2.05) is 59.7 Å². The van der Waals surface area contributed by atoms with Crippen molar-refractivity contribution in [2.75, 3.05) is 0 Å². The van der Waals surface area contributed by atoms with Crippen LogP contribution in [0.3, 0.4) is 0 Å². The lowest BCUT2D eigenvalue weighted by molar-refractivity contribution is -0.280. The van der Waals surface area contributed by atoms with E-state index in [1.165, 1.54) is 0 Å². The third kappa shape index (κ3) is 6.36. The molecule has 21 heavy (non-hydrogen) atoms. The zero-order valence-corrected chi connectivity index (χ0v) is 14.4. The maximum Gasteiger partial charge on any atom is 0.172 e. The summed E-state index contributed by atoms with van der Waals surface area (Å²) in [7, 11) is 0. The van der Waals surface area contributed by atoms with E-state index in [-0.39, 0.29) is 17.1 Å². The lowest BCUT2D eigenvalue weighted by atomic mass is 10.0. The molecule has 0 amide bonds. The molecule has 120 valence electrons. The van der Waals surface area contributed by atoms with Gasteiger partial charge in [0.1, 0.15) is 11.2 Å². The van der Waals surface area contributed by atoms with Crippen LogP contribution in [0, 0.1) is 0 Å². The Kier molecular flexibility index (Phi) is 5.65. The second kappa shape index (κ2) is 6.67. The molecule has 0 N–H and O–H groups in total. The molecule has 0 aliphatic heterocycles. The topological polar surface area (TPSA) is 36.9 Å². The zero-order chi connectivity index (χ0) is 16.3. The fourth-order valence-corrected chi connectivity index (χ4v) is 1.58. The number of hydrogen-bond acceptors (Lipinski definition) is 4. The molecular formula is C17H28O4. The third-order valence-electron chi connectivity index (χ3n) is 2.37. The van der Waals surface area contributed by atoms with E-state index in [2.05, 4.69) is 13.8 Å². The van der Waals surface area contributed by atoms with Crippen molar-refractivity contribution in [3.05, 3.63) is 23.8 Å². The highest BCUT2D eigenvalue weighted by atomic mass is 17.2. The summed E-state index contributed by atoms with van der Waals surface area (Å²) < 4.78 is 0. The fourth-order valence-electron chi connectivity index (χ4n) is 1.58. The lowest BCUT2D eigenvalue weighted by Gasteiger charge is -2.23. The molecule has 0 bridgehead atoms. The molecule has 0 saturated carbocycles. The van der Waals surface area contributed by atoms with Crippen LogP contribution in [0.4, 0.5) is 0 Å². The Morgan fingerprint density at radius 2 is 1.14 bits per heavy atom. The van der Waals surface area contributed by atoms with Crippen molar-refractivity contribution in [1.82, 2.24) is 0 Å². The molecule has 0 fully saturated rings. The first-order chi connectivity index (χ1) is 9.49. The molecule has 0 heterocycles. The smallest absolute Gasteiger partial charge is 0.172 e. The normalized spacial score (nSPS) is 12.6. The minimum atomic E-state index is -0.382. The van der Waals surface area contributed by atoms with Crippen molar-refractivity contribution in [2.24, 2.45) is 0 Å². The minimum Gasteiger partial charge on any atom is -0.337 e. The van der Waals surface area contributed by atoms with E-state index in [9.17, 15) is 0 Å². The summed E-state index contributed by atoms with van der Waals surface area (Å²) in [6.07, 6.45) is 0. The van der Waals surface area contributed by atoms with E-state index in [4.69, 9.17) is 19.6 Å². The second-order valence-corrected chi connectivity index (χ2v) is 7.38. The summed E-state index contributed by atoms with van der Waals surface area (Å²) in [4.78, 5) is 21.8. The van der Waals surface area contributed by atoms with Crippen LogP contribution >= 0.6 is 0 Å². The quantitative estimate of drug-likeness (QED) is 0.564. The molecule has 0 saturated heterocycles. The molecule has 4 heteroatoms. The van der Waals surface area contributed by atoms with Gasteiger partial charge in [-0.2, -0.15) is 9.78 Å². The minimum absolute atomic E-state index is 0.211. The third-order valence-corrected chi connectivity index (χ3v) is 2.37. The Bertz CT molecular complexity index is 417. The Balaban J connectivity index is 2.98. The van der Waals surface area contributed by atoms with E-state index in [1.54, 1.807) is 0 Å². The molecule has 0 spiro atoms. The van der Waals surface area contributed by atoms with Crippen molar-refractivity contribution in [1.29, 1.82) is 0 Å². The largest absolute Gasteiger partial charge is 0.337 e. The summed E-state index contributed by atoms with van der Waals surface area (Å²) in [5.41, 5.74) is 0.158. The second-order valence-electron chi connectivity index (χ2n) is 7.38. The molecule has 1 aromatic carbocycles. The van der Waals surface area contributed by atoms with Crippen molar-refractivity contribution < 1.29 is 19.6 Å². The van der Waals surface area contributed by atoms with Gasteiger partial charge in [-0.1, -0.05) is 19.9 Å². The highest BCUT2D eigenvalue weighted by molar-refractivity contribution is 5.46. The molecular weight excluding hydrogens is 268 g/mol. The predicted octanol–water partition coefficient (Wildman–Crippen LogP) is 5.03. The highest BCUT2D eigenvalue weighted by Crippen LogP contribution is 2.36. The molecule has 1 rings (SSSR count). The van der Waals surface area contributed by atoms with E-state index < -0.39 is 0 Å². The Hall–Kier alpha value is -1.26. The first kappa shape index (κ1) is 17.8. The Morgan fingerprint density at radius 1 is 0.762 bits per heavy atom. The van der Waals surface area contributed by atoms with Gasteiger partial charge in [0.05, 0.1) is 0 Å². The standard InChI is InChI=1S/C17H28O4/c1-12(2)15-13(18-20-16(3,4)5)10-9-11-14(15)19-21-17(6,7)8/h9-12H,1-8H3. The average molecular weight is 296 g/mol. The van der Waals surface area contributed by atoms with E-state index >= 15 is 0 Å². The monoisotopic (exact) mass is 296 g/mol. The van der Waals surface area contributed by atoms with Gasteiger partial charge in [0, 0.05) is 5.56 Å². The maximum absolute atomic E-state index is 5.50. The molecule has 1 aromatic rings. The van der Waals surface area contributed by atoms with Crippen LogP contribution in [0.15, 0.2) is 18.2 Å². The van der Waals surface area contributed by atoms with Gasteiger partial charge in [-0.25, -0.2) is 0 Å². The summed E-state index contributed by atoms with van der Waals surface area (Å²) in [6, 6.07) is 5.59. The van der Waals surface area contributed by atoms with Crippen molar-refractivity contribution >= 4 is 0 Å². The SMILES string of the molecule is CC(C)c1c(OOC(C)(C)C)cccc1OOC(C)(C)C. The molecule has 0 aliphatic rings. The van der Waals surface area contributed by atoms with Gasteiger partial charge in [0.2, 0.25) is 0 Å². The van der Waals surface area contributed by atoms with Gasteiger partial charge in [-0.15, -0.1) is 0 Å². The molecule has 0 unspecified atom stereocenters. The molecule has 0 atom stereocenters. The molecule has 0 radical (unpaired) electrons. The summed E-state index contributed by atoms with van der Waals surface area (Å²) in [6.45, 7) is 15.8. The van der Waals surface area contributed by atoms with Crippen molar-refractivity contribution in [2.45, 2.75) is 72.5 Å². The number of hydrogen-bond donors (Lipinski definition) is 0. The summed E-state index contributed by atoms with van der Waals surface area (Å²) >= 11 is 0. The average Bonchev–Trinajstić information content (AvgIpc) is 2.31. The van der Waals surface area contributed by atoms with Crippen LogP contribution in [-0.2, 0) is 9.78 Å². The zero-order valence-electron chi connectivity index (χ0n) is 14.4. The van der Waals surface area contributed by atoms with Gasteiger partial charge in [-0.05, 0) is 59.6 Å². The first-order valence-electron chi connectivity index (χ1n) is 7.34. The fraction of sp³-hybridized carbons (Fsp3) is 0.647. The van der Waals surface area contributed by atoms with Gasteiger partial charge < -0.3 is 9.78 Å². The van der Waals surface area contributed by atoms with Crippen LogP contribution in [0.5, 0.6) is 11.5 Å². The summed E-state index contributed by atoms with van der Waals surface area (Å²) in [5, 5.41) is 0. The Labute approximate surface area is 128 Å². The first-order valence-corrected chi connectivity index (χ1v) is 7.34.